The summed E-state index contributed by atoms with van der Waals surface area (Å²) in [5.41, 5.74) is -0.107. The molecule has 0 aromatic carbocycles. The number of aliphatic hydroxyl groups excluding tert-OH is 2. The molecule has 38 heavy (non-hydrogen) atoms. The molecule has 228 valence electrons. The molecule has 0 aliphatic carbocycles. The molecule has 1 atom stereocenters. The van der Waals surface area contributed by atoms with Crippen LogP contribution in [-0.2, 0) is 18.9 Å². The maximum atomic E-state index is 10.3. The standard InChI is InChI=1S/C30H62N2O6/c1-3-4-5-6-7-8-9-10-11-12-13-30(2,29-34)28-32-17-22-37-26-24-35-20-15-31(14-19-33)16-21-36-25-27-38-23-18-32/h33-34H,3-29H2,1-2H3. The molecular weight excluding hydrogens is 484 g/mol. The zero-order valence-electron chi connectivity index (χ0n) is 25.0. The van der Waals surface area contributed by atoms with Crippen LogP contribution in [0.3, 0.4) is 0 Å². The highest BCUT2D eigenvalue weighted by Gasteiger charge is 2.26. The van der Waals surface area contributed by atoms with Gasteiger partial charge in [-0.25, -0.2) is 0 Å². The minimum Gasteiger partial charge on any atom is -0.396 e. The first-order chi connectivity index (χ1) is 18.6. The fourth-order valence-corrected chi connectivity index (χ4v) is 4.95. The summed E-state index contributed by atoms with van der Waals surface area (Å²) < 4.78 is 23.2. The Morgan fingerprint density at radius 3 is 1.42 bits per heavy atom. The zero-order chi connectivity index (χ0) is 27.6. The topological polar surface area (TPSA) is 83.9 Å². The number of nitrogens with zero attached hydrogens (tertiary/aromatic N) is 2. The van der Waals surface area contributed by atoms with Gasteiger partial charge >= 0.3 is 0 Å². The molecule has 0 aromatic heterocycles. The first kappa shape index (κ1) is 35.7. The average molecular weight is 547 g/mol. The normalized spacial score (nSPS) is 20.5. The number of unbranched alkanes of at least 4 members (excludes halogenated alkanes) is 9. The maximum absolute atomic E-state index is 10.3. The lowest BCUT2D eigenvalue weighted by atomic mass is 9.84. The van der Waals surface area contributed by atoms with Gasteiger partial charge in [-0.15, -0.1) is 0 Å². The Morgan fingerprint density at radius 2 is 1.00 bits per heavy atom. The fraction of sp³-hybridized carbons (Fsp3) is 1.00. The van der Waals surface area contributed by atoms with E-state index in [0.717, 1.165) is 39.1 Å². The van der Waals surface area contributed by atoms with Gasteiger partial charge in [0, 0.05) is 51.3 Å². The summed E-state index contributed by atoms with van der Waals surface area (Å²) in [6, 6.07) is 0. The van der Waals surface area contributed by atoms with Gasteiger partial charge in [0.2, 0.25) is 0 Å². The van der Waals surface area contributed by atoms with Crippen molar-refractivity contribution in [1.29, 1.82) is 0 Å². The van der Waals surface area contributed by atoms with E-state index < -0.39 is 0 Å². The van der Waals surface area contributed by atoms with Crippen molar-refractivity contribution in [2.75, 3.05) is 105 Å². The molecular formula is C30H62N2O6. The van der Waals surface area contributed by atoms with Crippen molar-refractivity contribution >= 4 is 0 Å². The van der Waals surface area contributed by atoms with Crippen molar-refractivity contribution < 1.29 is 29.2 Å². The molecule has 0 aromatic rings. The molecule has 0 saturated carbocycles. The Bertz CT molecular complexity index is 481. The van der Waals surface area contributed by atoms with Crippen LogP contribution in [0.25, 0.3) is 0 Å². The van der Waals surface area contributed by atoms with Crippen LogP contribution in [0.4, 0.5) is 0 Å². The summed E-state index contributed by atoms with van der Waals surface area (Å²) >= 11 is 0. The number of rotatable bonds is 16. The highest BCUT2D eigenvalue weighted by Crippen LogP contribution is 2.26. The first-order valence-electron chi connectivity index (χ1n) is 15.6. The second-order valence-electron chi connectivity index (χ2n) is 11.2. The van der Waals surface area contributed by atoms with E-state index in [2.05, 4.69) is 23.6 Å². The highest BCUT2D eigenvalue weighted by atomic mass is 16.5. The van der Waals surface area contributed by atoms with Gasteiger partial charge in [0.15, 0.2) is 0 Å². The number of hydrogen-bond acceptors (Lipinski definition) is 8. The smallest absolute Gasteiger partial charge is 0.0701 e. The quantitative estimate of drug-likeness (QED) is 0.282. The lowest BCUT2D eigenvalue weighted by molar-refractivity contribution is -0.00277. The van der Waals surface area contributed by atoms with Gasteiger partial charge in [-0.3, -0.25) is 9.80 Å². The minimum absolute atomic E-state index is 0.107. The molecule has 1 aliphatic heterocycles. The van der Waals surface area contributed by atoms with E-state index in [4.69, 9.17) is 18.9 Å². The summed E-state index contributed by atoms with van der Waals surface area (Å²) in [7, 11) is 0. The average Bonchev–Trinajstić information content (AvgIpc) is 2.91. The maximum Gasteiger partial charge on any atom is 0.0701 e. The van der Waals surface area contributed by atoms with Gasteiger partial charge in [-0.05, 0) is 6.42 Å². The van der Waals surface area contributed by atoms with Crippen LogP contribution in [0.1, 0.15) is 84.5 Å². The molecule has 2 N–H and O–H groups in total. The van der Waals surface area contributed by atoms with Gasteiger partial charge in [0.1, 0.15) is 0 Å². The lowest BCUT2D eigenvalue weighted by Crippen LogP contribution is -2.41. The molecule has 0 amide bonds. The van der Waals surface area contributed by atoms with Crippen LogP contribution in [-0.4, -0.2) is 125 Å². The van der Waals surface area contributed by atoms with Crippen molar-refractivity contribution in [2.24, 2.45) is 5.41 Å². The minimum atomic E-state index is -0.107. The van der Waals surface area contributed by atoms with E-state index in [0.29, 0.717) is 59.4 Å². The molecule has 8 heteroatoms. The van der Waals surface area contributed by atoms with Gasteiger partial charge < -0.3 is 29.2 Å². The molecule has 0 radical (unpaired) electrons. The molecule has 0 bridgehead atoms. The van der Waals surface area contributed by atoms with E-state index in [1.165, 1.54) is 64.2 Å². The van der Waals surface area contributed by atoms with E-state index >= 15 is 0 Å². The Labute approximate surface area is 234 Å². The summed E-state index contributed by atoms with van der Waals surface area (Å²) in [6.07, 6.45) is 14.4. The Hall–Kier alpha value is -0.320. The molecule has 1 heterocycles. The van der Waals surface area contributed by atoms with Crippen LogP contribution in [0.2, 0.25) is 0 Å². The molecule has 8 nitrogen and oxygen atoms in total. The number of hydrogen-bond donors (Lipinski definition) is 2. The summed E-state index contributed by atoms with van der Waals surface area (Å²) in [6.45, 7) is 14.3. The largest absolute Gasteiger partial charge is 0.396 e. The Balaban J connectivity index is 2.37. The molecule has 0 spiro atoms. The monoisotopic (exact) mass is 546 g/mol. The van der Waals surface area contributed by atoms with Gasteiger partial charge in [0.05, 0.1) is 59.5 Å². The predicted octanol–water partition coefficient (Wildman–Crippen LogP) is 3.97. The fourth-order valence-electron chi connectivity index (χ4n) is 4.95. The van der Waals surface area contributed by atoms with Crippen molar-refractivity contribution in [3.63, 3.8) is 0 Å². The van der Waals surface area contributed by atoms with Crippen molar-refractivity contribution in [3.8, 4) is 0 Å². The van der Waals surface area contributed by atoms with Gasteiger partial charge in [-0.1, -0.05) is 78.1 Å². The first-order valence-corrected chi connectivity index (χ1v) is 15.6. The van der Waals surface area contributed by atoms with Crippen molar-refractivity contribution in [1.82, 2.24) is 9.80 Å². The number of ether oxygens (including phenoxy) is 4. The number of β-amino-alcohol motifs (C(OH)–C–C–N with tert-alkyl or cyclic N) is 1. The van der Waals surface area contributed by atoms with Crippen molar-refractivity contribution in [2.45, 2.75) is 84.5 Å². The third kappa shape index (κ3) is 20.6. The third-order valence-corrected chi connectivity index (χ3v) is 7.49. The molecule has 1 unspecified atom stereocenters. The summed E-state index contributed by atoms with van der Waals surface area (Å²) in [4.78, 5) is 4.53. The predicted molar refractivity (Wildman–Crippen MR) is 155 cm³/mol. The second-order valence-corrected chi connectivity index (χ2v) is 11.2. The van der Waals surface area contributed by atoms with Crippen LogP contribution in [0.15, 0.2) is 0 Å². The molecule has 1 fully saturated rings. The van der Waals surface area contributed by atoms with E-state index in [9.17, 15) is 10.2 Å². The van der Waals surface area contributed by atoms with Gasteiger partial charge in [-0.2, -0.15) is 0 Å². The molecule has 1 saturated heterocycles. The van der Waals surface area contributed by atoms with E-state index in [-0.39, 0.29) is 18.6 Å². The van der Waals surface area contributed by atoms with Crippen LogP contribution in [0, 0.1) is 5.41 Å². The van der Waals surface area contributed by atoms with Crippen LogP contribution < -0.4 is 0 Å². The van der Waals surface area contributed by atoms with Crippen LogP contribution in [0.5, 0.6) is 0 Å². The van der Waals surface area contributed by atoms with Gasteiger partial charge in [0.25, 0.3) is 0 Å². The van der Waals surface area contributed by atoms with Crippen molar-refractivity contribution in [3.05, 3.63) is 0 Å². The SMILES string of the molecule is CCCCCCCCCCCCC(C)(CO)CN1CCOCCOCCN(CCO)CCOCCOCC1. The lowest BCUT2D eigenvalue weighted by Gasteiger charge is -2.34. The summed E-state index contributed by atoms with van der Waals surface area (Å²) in [5.74, 6) is 0. The molecule has 1 rings (SSSR count). The Kier molecular flexibility index (Phi) is 24.1. The van der Waals surface area contributed by atoms with Crippen LogP contribution >= 0.6 is 0 Å². The number of aliphatic hydroxyl groups is 2. The Morgan fingerprint density at radius 1 is 0.579 bits per heavy atom. The van der Waals surface area contributed by atoms with E-state index in [1.807, 2.05) is 0 Å². The highest BCUT2D eigenvalue weighted by molar-refractivity contribution is 4.78. The summed E-state index contributed by atoms with van der Waals surface area (Å²) in [5, 5.41) is 19.5. The zero-order valence-corrected chi connectivity index (χ0v) is 25.0. The second kappa shape index (κ2) is 25.6. The molecule has 1 aliphatic rings. The third-order valence-electron chi connectivity index (χ3n) is 7.49. The van der Waals surface area contributed by atoms with E-state index in [1.54, 1.807) is 0 Å².